The van der Waals surface area contributed by atoms with E-state index in [4.69, 9.17) is 5.11 Å². The van der Waals surface area contributed by atoms with Gasteiger partial charge in [0.05, 0.1) is 13.2 Å². The molecule has 0 saturated heterocycles. The normalized spacial score (nSPS) is 19.6. The number of rotatable bonds is 3. The molecular weight excluding hydrogens is 272 g/mol. The molecule has 1 aliphatic carbocycles. The highest BCUT2D eigenvalue weighted by Gasteiger charge is 2.41. The fraction of sp³-hybridized carbons (Fsp3) is 0.333. The average molecular weight is 288 g/mol. The predicted octanol–water partition coefficient (Wildman–Crippen LogP) is 0.346. The van der Waals surface area contributed by atoms with E-state index < -0.39 is 6.04 Å². The molecule has 1 N–H and O–H groups in total. The van der Waals surface area contributed by atoms with Gasteiger partial charge in [0.25, 0.3) is 0 Å². The molecule has 0 unspecified atom stereocenters. The maximum atomic E-state index is 12.6. The van der Waals surface area contributed by atoms with Crippen LogP contribution in [0.5, 0.6) is 0 Å². The molecule has 1 amide bonds. The van der Waals surface area contributed by atoms with Crippen LogP contribution in [0.1, 0.15) is 27.6 Å². The van der Waals surface area contributed by atoms with Crippen LogP contribution in [0, 0.1) is 0 Å². The van der Waals surface area contributed by atoms with Crippen molar-refractivity contribution in [2.24, 2.45) is 4.99 Å². The third kappa shape index (κ3) is 2.62. The van der Waals surface area contributed by atoms with E-state index in [-0.39, 0.29) is 41.9 Å². The maximum absolute atomic E-state index is 12.6. The molecule has 1 atom stereocenters. The molecule has 1 aromatic carbocycles. The molecule has 0 saturated carbocycles. The molecule has 21 heavy (non-hydrogen) atoms. The van der Waals surface area contributed by atoms with Gasteiger partial charge in [0.1, 0.15) is 11.8 Å². The van der Waals surface area contributed by atoms with Crippen LogP contribution >= 0.6 is 0 Å². The Balaban J connectivity index is 2.59. The minimum Gasteiger partial charge on any atom is -0.394 e. The van der Waals surface area contributed by atoms with Crippen molar-refractivity contribution in [2.45, 2.75) is 13.0 Å². The smallest absolute Gasteiger partial charge is 0.220 e. The second-order valence-electron chi connectivity index (χ2n) is 4.76. The monoisotopic (exact) mass is 288 g/mol. The van der Waals surface area contributed by atoms with Gasteiger partial charge in [-0.15, -0.1) is 0 Å². The van der Waals surface area contributed by atoms with E-state index >= 15 is 0 Å². The highest BCUT2D eigenvalue weighted by atomic mass is 16.3. The quantitative estimate of drug-likeness (QED) is 0.869. The number of likely N-dealkylation sites (N-methyl/N-ethyl adjacent to an activating group) is 1. The Kier molecular flexibility index (Phi) is 4.28. The summed E-state index contributed by atoms with van der Waals surface area (Å²) in [7, 11) is 1.46. The molecular formula is C15H16N2O4. The zero-order chi connectivity index (χ0) is 15.6. The Morgan fingerprint density at radius 2 is 1.90 bits per heavy atom. The van der Waals surface area contributed by atoms with Crippen molar-refractivity contribution in [3.05, 3.63) is 35.4 Å². The number of fused-ring (bicyclic) bond motifs is 1. The number of aliphatic imine (C=N–C) groups is 1. The summed E-state index contributed by atoms with van der Waals surface area (Å²) in [5.74, 6) is -1.05. The van der Waals surface area contributed by atoms with E-state index in [0.717, 1.165) is 0 Å². The Morgan fingerprint density at radius 1 is 1.29 bits per heavy atom. The molecule has 0 spiro atoms. The lowest BCUT2D eigenvalue weighted by Crippen LogP contribution is -2.52. The Labute approximate surface area is 122 Å². The number of carbonyl (C=O) groups excluding carboxylic acids is 3. The van der Waals surface area contributed by atoms with Gasteiger partial charge in [-0.25, -0.2) is 0 Å². The second kappa shape index (κ2) is 5.97. The summed E-state index contributed by atoms with van der Waals surface area (Å²) in [4.78, 5) is 41.9. The molecule has 1 aliphatic rings. The lowest BCUT2D eigenvalue weighted by molar-refractivity contribution is -0.127. The number of aliphatic hydroxyl groups is 1. The number of aliphatic hydroxyl groups excluding tert-OH is 1. The van der Waals surface area contributed by atoms with Gasteiger partial charge in [0.15, 0.2) is 5.78 Å². The summed E-state index contributed by atoms with van der Waals surface area (Å²) in [6.07, 6.45) is 0. The van der Waals surface area contributed by atoms with Crippen LogP contribution in [0.15, 0.2) is 29.3 Å². The first kappa shape index (κ1) is 15.1. The molecule has 0 heterocycles. The number of Topliss-reactive ketones (excluding diaryl/α,β-unsaturated/α-hetero) is 2. The van der Waals surface area contributed by atoms with Gasteiger partial charge in [-0.05, 0) is 0 Å². The molecule has 0 fully saturated rings. The molecule has 6 nitrogen and oxygen atoms in total. The third-order valence-corrected chi connectivity index (χ3v) is 3.44. The number of ketones is 2. The van der Waals surface area contributed by atoms with Crippen molar-refractivity contribution < 1.29 is 19.5 Å². The van der Waals surface area contributed by atoms with Crippen molar-refractivity contribution in [3.8, 4) is 0 Å². The lowest BCUT2D eigenvalue weighted by atomic mass is 9.84. The number of amides is 1. The highest BCUT2D eigenvalue weighted by Crippen LogP contribution is 2.23. The molecule has 1 aromatic rings. The zero-order valence-electron chi connectivity index (χ0n) is 11.9. The Bertz CT molecular complexity index is 636. The van der Waals surface area contributed by atoms with Crippen LogP contribution in [0.3, 0.4) is 0 Å². The van der Waals surface area contributed by atoms with E-state index in [2.05, 4.69) is 4.99 Å². The Hall–Kier alpha value is -2.34. The van der Waals surface area contributed by atoms with E-state index in [1.54, 1.807) is 24.3 Å². The molecule has 0 radical (unpaired) electrons. The van der Waals surface area contributed by atoms with E-state index in [0.29, 0.717) is 5.56 Å². The van der Waals surface area contributed by atoms with Gasteiger partial charge >= 0.3 is 0 Å². The molecule has 110 valence electrons. The van der Waals surface area contributed by atoms with Gasteiger partial charge in [0.2, 0.25) is 11.7 Å². The summed E-state index contributed by atoms with van der Waals surface area (Å²) in [6, 6.07) is 5.44. The van der Waals surface area contributed by atoms with Crippen LogP contribution in [0.4, 0.5) is 0 Å². The minimum atomic E-state index is -1.03. The van der Waals surface area contributed by atoms with Crippen molar-refractivity contribution in [2.75, 3.05) is 20.2 Å². The van der Waals surface area contributed by atoms with Crippen LogP contribution < -0.4 is 0 Å². The third-order valence-electron chi connectivity index (χ3n) is 3.44. The van der Waals surface area contributed by atoms with Crippen molar-refractivity contribution >= 4 is 23.2 Å². The molecule has 2 rings (SSSR count). The van der Waals surface area contributed by atoms with Gasteiger partial charge < -0.3 is 10.0 Å². The summed E-state index contributed by atoms with van der Waals surface area (Å²) >= 11 is 0. The van der Waals surface area contributed by atoms with E-state index in [1.807, 2.05) is 0 Å². The number of hydrogen-bond donors (Lipinski definition) is 1. The second-order valence-corrected chi connectivity index (χ2v) is 4.76. The summed E-state index contributed by atoms with van der Waals surface area (Å²) in [5.41, 5.74) is 0.585. The first-order chi connectivity index (χ1) is 9.99. The van der Waals surface area contributed by atoms with Crippen LogP contribution in [-0.2, 0) is 4.79 Å². The van der Waals surface area contributed by atoms with Crippen LogP contribution in [-0.4, -0.2) is 59.4 Å². The molecule has 6 heteroatoms. The number of carbonyl (C=O) groups is 3. The molecule has 0 aromatic heterocycles. The first-order valence-corrected chi connectivity index (χ1v) is 6.55. The standard InChI is InChI=1S/C15H16N2O4/c1-9(19)17(2)13-12(16-7-8-18)14(20)10-5-3-4-6-11(10)15(13)21/h3-6,13,18H,7-8H2,1-2H3/t13-/m1/s1. The molecule has 0 aliphatic heterocycles. The summed E-state index contributed by atoms with van der Waals surface area (Å²) in [5, 5.41) is 8.89. The van der Waals surface area contributed by atoms with Gasteiger partial charge in [-0.1, -0.05) is 24.3 Å². The average Bonchev–Trinajstić information content (AvgIpc) is 2.48. The van der Waals surface area contributed by atoms with E-state index in [1.165, 1.54) is 18.9 Å². The fourth-order valence-electron chi connectivity index (χ4n) is 2.30. The van der Waals surface area contributed by atoms with Gasteiger partial charge in [-0.3, -0.25) is 19.4 Å². The van der Waals surface area contributed by atoms with Crippen molar-refractivity contribution in [1.82, 2.24) is 4.90 Å². The SMILES string of the molecule is CC(=O)N(C)[C@H]1C(=O)c2ccccc2C(=O)C1=NCCO. The van der Waals surface area contributed by atoms with Gasteiger partial charge in [0, 0.05) is 25.1 Å². The summed E-state index contributed by atoms with van der Waals surface area (Å²) in [6.45, 7) is 1.10. The first-order valence-electron chi connectivity index (χ1n) is 6.55. The number of hydrogen-bond acceptors (Lipinski definition) is 5. The fourth-order valence-corrected chi connectivity index (χ4v) is 2.30. The van der Waals surface area contributed by atoms with Gasteiger partial charge in [-0.2, -0.15) is 0 Å². The van der Waals surface area contributed by atoms with Crippen molar-refractivity contribution in [1.29, 1.82) is 0 Å². The maximum Gasteiger partial charge on any atom is 0.220 e. The lowest BCUT2D eigenvalue weighted by Gasteiger charge is -2.30. The van der Waals surface area contributed by atoms with Crippen molar-refractivity contribution in [3.63, 3.8) is 0 Å². The predicted molar refractivity (Wildman–Crippen MR) is 76.7 cm³/mol. The van der Waals surface area contributed by atoms with Crippen LogP contribution in [0.2, 0.25) is 0 Å². The zero-order valence-corrected chi connectivity index (χ0v) is 11.9. The minimum absolute atomic E-state index is 0.00505. The Morgan fingerprint density at radius 3 is 2.48 bits per heavy atom. The highest BCUT2D eigenvalue weighted by molar-refractivity contribution is 6.55. The topological polar surface area (TPSA) is 87.0 Å². The number of benzene rings is 1. The van der Waals surface area contributed by atoms with Crippen LogP contribution in [0.25, 0.3) is 0 Å². The number of nitrogens with zero attached hydrogens (tertiary/aromatic N) is 2. The molecule has 0 bridgehead atoms. The largest absolute Gasteiger partial charge is 0.394 e. The van der Waals surface area contributed by atoms with E-state index in [9.17, 15) is 14.4 Å². The summed E-state index contributed by atoms with van der Waals surface area (Å²) < 4.78 is 0.